The number of carbonyl (C=O) groups excluding carboxylic acids is 5. The first-order valence-corrected chi connectivity index (χ1v) is 19.4. The molecule has 0 aromatic heterocycles. The Balaban J connectivity index is 1.99. The largest absolute Gasteiger partial charge is 0.461 e. The van der Waals surface area contributed by atoms with Gasteiger partial charge < -0.3 is 57.0 Å². The van der Waals surface area contributed by atoms with Gasteiger partial charge >= 0.3 is 5.97 Å². The number of nitrogens with two attached hydrogens (primary N) is 2. The van der Waals surface area contributed by atoms with Gasteiger partial charge in [-0.25, -0.2) is 0 Å². The van der Waals surface area contributed by atoms with Crippen molar-refractivity contribution in [1.29, 1.82) is 0 Å². The summed E-state index contributed by atoms with van der Waals surface area (Å²) in [6.07, 6.45) is 1.87. The number of anilines is 1. The zero-order valence-corrected chi connectivity index (χ0v) is 32.8. The lowest BCUT2D eigenvalue weighted by Gasteiger charge is -2.34. The third-order valence-electron chi connectivity index (χ3n) is 8.14. The van der Waals surface area contributed by atoms with Crippen LogP contribution in [0.15, 0.2) is 60.7 Å². The summed E-state index contributed by atoms with van der Waals surface area (Å²) in [6.45, 7) is 3.96. The molecule has 16 nitrogen and oxygen atoms in total. The Morgan fingerprint density at radius 1 is 0.625 bits per heavy atom. The Labute approximate surface area is 330 Å². The van der Waals surface area contributed by atoms with Crippen LogP contribution in [0.25, 0.3) is 0 Å². The minimum absolute atomic E-state index is 0.00513. The standard InChI is InChI=1S/C40H63N7O9/c1-2-21-44-35(48)18-25-53-29-40(31-55-27-20-37(50)46-24-17-34(41)42,47-38(51)15-9-16-39(52)56-28-32-11-5-3-6-12-32)30-54-26-19-36(49)45-23-10-22-43-33-13-7-4-8-14-33/h3-8,11-14,34,43H,2,9-10,15-31,41-42H2,1H3,(H,44,48)(H,45,49)(H,46,50)(H,47,51). The number of nitrogens with one attached hydrogen (secondary N) is 5. The van der Waals surface area contributed by atoms with Crippen LogP contribution in [0.1, 0.15) is 70.3 Å². The van der Waals surface area contributed by atoms with Crippen molar-refractivity contribution in [2.24, 2.45) is 11.5 Å². The second-order valence-electron chi connectivity index (χ2n) is 13.4. The van der Waals surface area contributed by atoms with Gasteiger partial charge in [-0.05, 0) is 43.4 Å². The molecule has 0 bridgehead atoms. The second-order valence-corrected chi connectivity index (χ2v) is 13.4. The smallest absolute Gasteiger partial charge is 0.306 e. The van der Waals surface area contributed by atoms with Crippen molar-refractivity contribution in [3.63, 3.8) is 0 Å². The van der Waals surface area contributed by atoms with Gasteiger partial charge in [-0.1, -0.05) is 55.5 Å². The lowest BCUT2D eigenvalue weighted by molar-refractivity contribution is -0.145. The molecule has 0 spiro atoms. The zero-order chi connectivity index (χ0) is 40.7. The number of hydrogen-bond donors (Lipinski definition) is 7. The fraction of sp³-hybridized carbons (Fsp3) is 0.575. The fourth-order valence-electron chi connectivity index (χ4n) is 5.10. The van der Waals surface area contributed by atoms with Crippen molar-refractivity contribution in [3.8, 4) is 0 Å². The highest BCUT2D eigenvalue weighted by atomic mass is 16.5. The maximum Gasteiger partial charge on any atom is 0.306 e. The number of ether oxygens (including phenoxy) is 4. The highest BCUT2D eigenvalue weighted by Crippen LogP contribution is 2.13. The van der Waals surface area contributed by atoms with Crippen LogP contribution in [0, 0.1) is 0 Å². The normalized spacial score (nSPS) is 12.0. The van der Waals surface area contributed by atoms with Crippen LogP contribution in [-0.4, -0.2) is 107 Å². The van der Waals surface area contributed by atoms with E-state index in [0.717, 1.165) is 24.1 Å². The zero-order valence-electron chi connectivity index (χ0n) is 32.8. The summed E-state index contributed by atoms with van der Waals surface area (Å²) in [6, 6.07) is 19.1. The van der Waals surface area contributed by atoms with Crippen LogP contribution in [0.2, 0.25) is 0 Å². The summed E-state index contributed by atoms with van der Waals surface area (Å²) in [5.74, 6) is -1.44. The van der Waals surface area contributed by atoms with Crippen molar-refractivity contribution in [1.82, 2.24) is 21.3 Å². The van der Waals surface area contributed by atoms with E-state index in [1.165, 1.54) is 0 Å². The molecule has 1 unspecified atom stereocenters. The van der Waals surface area contributed by atoms with E-state index in [0.29, 0.717) is 32.6 Å². The van der Waals surface area contributed by atoms with Crippen molar-refractivity contribution in [2.75, 3.05) is 71.1 Å². The van der Waals surface area contributed by atoms with Crippen molar-refractivity contribution in [3.05, 3.63) is 66.2 Å². The third kappa shape index (κ3) is 24.0. The average Bonchev–Trinajstić information content (AvgIpc) is 3.18. The summed E-state index contributed by atoms with van der Waals surface area (Å²) >= 11 is 0. The quantitative estimate of drug-likeness (QED) is 0.0320. The van der Waals surface area contributed by atoms with E-state index >= 15 is 0 Å². The molecule has 4 amide bonds. The molecule has 2 aromatic rings. The van der Waals surface area contributed by atoms with Gasteiger partial charge in [0.1, 0.15) is 12.1 Å². The Morgan fingerprint density at radius 3 is 1.71 bits per heavy atom. The van der Waals surface area contributed by atoms with Crippen molar-refractivity contribution < 1.29 is 42.9 Å². The van der Waals surface area contributed by atoms with Gasteiger partial charge in [0, 0.05) is 64.0 Å². The van der Waals surface area contributed by atoms with Gasteiger partial charge in [0.15, 0.2) is 0 Å². The van der Waals surface area contributed by atoms with Crippen LogP contribution < -0.4 is 38.1 Å². The number of hydrogen-bond acceptors (Lipinski definition) is 12. The molecule has 1 atom stereocenters. The van der Waals surface area contributed by atoms with E-state index in [2.05, 4.69) is 26.6 Å². The van der Waals surface area contributed by atoms with E-state index < -0.39 is 23.6 Å². The molecule has 0 aliphatic heterocycles. The van der Waals surface area contributed by atoms with Gasteiger partial charge in [-0.3, -0.25) is 24.0 Å². The molecule has 0 aliphatic carbocycles. The predicted molar refractivity (Wildman–Crippen MR) is 213 cm³/mol. The number of amides is 4. The maximum atomic E-state index is 13.3. The minimum atomic E-state index is -1.26. The van der Waals surface area contributed by atoms with E-state index in [1.807, 2.05) is 67.6 Å². The summed E-state index contributed by atoms with van der Waals surface area (Å²) in [4.78, 5) is 62.8. The van der Waals surface area contributed by atoms with E-state index in [4.69, 9.17) is 30.4 Å². The fourth-order valence-corrected chi connectivity index (χ4v) is 5.10. The number of esters is 1. The van der Waals surface area contributed by atoms with E-state index in [9.17, 15) is 24.0 Å². The molecule has 16 heteroatoms. The highest BCUT2D eigenvalue weighted by molar-refractivity contribution is 5.78. The second kappa shape index (κ2) is 29.6. The molecule has 9 N–H and O–H groups in total. The molecular weight excluding hydrogens is 722 g/mol. The lowest BCUT2D eigenvalue weighted by Crippen LogP contribution is -2.58. The van der Waals surface area contributed by atoms with E-state index in [1.54, 1.807) is 0 Å². The molecule has 0 radical (unpaired) electrons. The van der Waals surface area contributed by atoms with Gasteiger partial charge in [-0.2, -0.15) is 0 Å². The Bertz CT molecular complexity index is 1400. The number of para-hydroxylation sites is 1. The summed E-state index contributed by atoms with van der Waals surface area (Å²) in [5, 5.41) is 14.7. The van der Waals surface area contributed by atoms with Crippen LogP contribution in [0.3, 0.4) is 0 Å². The van der Waals surface area contributed by atoms with Crippen LogP contribution in [0.5, 0.6) is 0 Å². The molecule has 0 saturated heterocycles. The molecule has 2 rings (SSSR count). The van der Waals surface area contributed by atoms with Gasteiger partial charge in [0.25, 0.3) is 0 Å². The number of rotatable bonds is 32. The first kappa shape index (κ1) is 47.5. The van der Waals surface area contributed by atoms with Crippen molar-refractivity contribution in [2.45, 2.75) is 83.0 Å². The first-order chi connectivity index (χ1) is 27.1. The Morgan fingerprint density at radius 2 is 1.16 bits per heavy atom. The van der Waals surface area contributed by atoms with Gasteiger partial charge in [-0.15, -0.1) is 0 Å². The topological polar surface area (TPSA) is 234 Å². The molecule has 0 heterocycles. The molecule has 0 aliphatic rings. The van der Waals surface area contributed by atoms with Crippen LogP contribution in [-0.2, 0) is 49.5 Å². The predicted octanol–water partition coefficient (Wildman–Crippen LogP) is 1.87. The highest BCUT2D eigenvalue weighted by Gasteiger charge is 2.34. The Hall–Kier alpha value is -4.61. The molecule has 0 saturated carbocycles. The molecule has 2 aromatic carbocycles. The molecule has 56 heavy (non-hydrogen) atoms. The molecule has 312 valence electrons. The Kier molecular flexibility index (Phi) is 25.2. The van der Waals surface area contributed by atoms with Gasteiger partial charge in [0.05, 0.1) is 45.8 Å². The SMILES string of the molecule is CCCNC(=O)CCOCC(COCCC(=O)NCCCNc1ccccc1)(COCCC(=O)NCCC(N)N)NC(=O)CCCC(=O)OCc1ccccc1. The van der Waals surface area contributed by atoms with E-state index in [-0.39, 0.29) is 102 Å². The monoisotopic (exact) mass is 785 g/mol. The van der Waals surface area contributed by atoms with Crippen molar-refractivity contribution >= 4 is 35.3 Å². The minimum Gasteiger partial charge on any atom is -0.461 e. The average molecular weight is 786 g/mol. The van der Waals surface area contributed by atoms with Crippen LogP contribution >= 0.6 is 0 Å². The third-order valence-corrected chi connectivity index (χ3v) is 8.14. The first-order valence-electron chi connectivity index (χ1n) is 19.4. The summed E-state index contributed by atoms with van der Waals surface area (Å²) in [7, 11) is 0. The summed E-state index contributed by atoms with van der Waals surface area (Å²) < 4.78 is 23.1. The maximum absolute atomic E-state index is 13.3. The molecular formula is C40H63N7O9. The van der Waals surface area contributed by atoms with Gasteiger partial charge in [0.2, 0.25) is 23.6 Å². The number of carbonyl (C=O) groups is 5. The van der Waals surface area contributed by atoms with Crippen LogP contribution in [0.4, 0.5) is 5.69 Å². The molecule has 0 fully saturated rings. The lowest BCUT2D eigenvalue weighted by atomic mass is 10.0. The summed E-state index contributed by atoms with van der Waals surface area (Å²) in [5.41, 5.74) is 11.7. The number of benzene rings is 2.